The fourth-order valence-electron chi connectivity index (χ4n) is 1.53. The Bertz CT molecular complexity index is 407. The second-order valence-corrected chi connectivity index (χ2v) is 3.89. The first-order chi connectivity index (χ1) is 8.62. The van der Waals surface area contributed by atoms with Crippen molar-refractivity contribution in [1.29, 1.82) is 0 Å². The van der Waals surface area contributed by atoms with E-state index in [1.54, 1.807) is 0 Å². The number of nitrogen functional groups attached to an aromatic ring is 1. The number of nitrogens with one attached hydrogen (secondary N) is 2. The van der Waals surface area contributed by atoms with Crippen LogP contribution in [0.3, 0.4) is 0 Å². The summed E-state index contributed by atoms with van der Waals surface area (Å²) < 4.78 is 0. The van der Waals surface area contributed by atoms with Crippen LogP contribution in [-0.4, -0.2) is 21.4 Å². The van der Waals surface area contributed by atoms with Gasteiger partial charge in [0.1, 0.15) is 6.20 Å². The lowest BCUT2D eigenvalue weighted by Crippen LogP contribution is -2.17. The van der Waals surface area contributed by atoms with Crippen molar-refractivity contribution in [2.24, 2.45) is 11.8 Å². The molecule has 0 spiro atoms. The number of hydrazine groups is 1. The SMILES string of the molecule is CCC(CC)CNc1nc(NN)ncc1[N+](=O)[O-]. The molecule has 18 heavy (non-hydrogen) atoms. The molecule has 0 radical (unpaired) electrons. The molecule has 0 aliphatic rings. The van der Waals surface area contributed by atoms with Gasteiger partial charge in [-0.25, -0.2) is 10.8 Å². The Morgan fingerprint density at radius 1 is 1.50 bits per heavy atom. The van der Waals surface area contributed by atoms with Crippen LogP contribution in [0, 0.1) is 16.0 Å². The number of nitrogens with zero attached hydrogens (tertiary/aromatic N) is 3. The molecule has 100 valence electrons. The lowest BCUT2D eigenvalue weighted by atomic mass is 10.0. The third kappa shape index (κ3) is 3.52. The molecule has 0 aromatic carbocycles. The highest BCUT2D eigenvalue weighted by atomic mass is 16.6. The summed E-state index contributed by atoms with van der Waals surface area (Å²) in [5, 5.41) is 13.8. The van der Waals surface area contributed by atoms with E-state index in [0.29, 0.717) is 12.5 Å². The number of hydrogen-bond acceptors (Lipinski definition) is 7. The largest absolute Gasteiger partial charge is 0.364 e. The Hall–Kier alpha value is -1.96. The second kappa shape index (κ2) is 6.70. The van der Waals surface area contributed by atoms with Gasteiger partial charge in [0.2, 0.25) is 11.8 Å². The van der Waals surface area contributed by atoms with Crippen LogP contribution >= 0.6 is 0 Å². The van der Waals surface area contributed by atoms with Crippen LogP contribution in [0.25, 0.3) is 0 Å². The molecule has 4 N–H and O–H groups in total. The van der Waals surface area contributed by atoms with E-state index in [-0.39, 0.29) is 17.5 Å². The molecule has 0 fully saturated rings. The maximum absolute atomic E-state index is 10.8. The summed E-state index contributed by atoms with van der Waals surface area (Å²) in [5.41, 5.74) is 2.11. The minimum Gasteiger partial charge on any atom is -0.364 e. The van der Waals surface area contributed by atoms with Gasteiger partial charge in [-0.1, -0.05) is 26.7 Å². The Morgan fingerprint density at radius 2 is 2.17 bits per heavy atom. The Morgan fingerprint density at radius 3 is 2.67 bits per heavy atom. The molecule has 0 bridgehead atoms. The van der Waals surface area contributed by atoms with E-state index < -0.39 is 4.92 Å². The molecule has 0 saturated carbocycles. The molecule has 8 nitrogen and oxygen atoms in total. The van der Waals surface area contributed by atoms with Gasteiger partial charge < -0.3 is 5.32 Å². The summed E-state index contributed by atoms with van der Waals surface area (Å²) >= 11 is 0. The fourth-order valence-corrected chi connectivity index (χ4v) is 1.53. The Balaban J connectivity index is 2.87. The summed E-state index contributed by atoms with van der Waals surface area (Å²) in [6.45, 7) is 4.79. The van der Waals surface area contributed by atoms with Crippen LogP contribution in [0.1, 0.15) is 26.7 Å². The lowest BCUT2D eigenvalue weighted by molar-refractivity contribution is -0.384. The van der Waals surface area contributed by atoms with Crippen LogP contribution in [0.5, 0.6) is 0 Å². The molecule has 1 rings (SSSR count). The summed E-state index contributed by atoms with van der Waals surface area (Å²) in [6, 6.07) is 0. The van der Waals surface area contributed by atoms with Crippen molar-refractivity contribution in [2.45, 2.75) is 26.7 Å². The van der Waals surface area contributed by atoms with Crippen LogP contribution in [0.2, 0.25) is 0 Å². The van der Waals surface area contributed by atoms with E-state index in [0.717, 1.165) is 19.0 Å². The number of aromatic nitrogens is 2. The molecule has 1 heterocycles. The van der Waals surface area contributed by atoms with E-state index in [4.69, 9.17) is 5.84 Å². The molecule has 0 unspecified atom stereocenters. The van der Waals surface area contributed by atoms with Crippen molar-refractivity contribution in [3.05, 3.63) is 16.3 Å². The average molecular weight is 254 g/mol. The van der Waals surface area contributed by atoms with Gasteiger partial charge in [0, 0.05) is 6.54 Å². The maximum Gasteiger partial charge on any atom is 0.329 e. The highest BCUT2D eigenvalue weighted by Crippen LogP contribution is 2.22. The first kappa shape index (κ1) is 14.1. The minimum atomic E-state index is -0.518. The predicted molar refractivity (Wildman–Crippen MR) is 69.1 cm³/mol. The van der Waals surface area contributed by atoms with Gasteiger partial charge in [-0.05, 0) is 5.92 Å². The van der Waals surface area contributed by atoms with Crippen molar-refractivity contribution in [2.75, 3.05) is 17.3 Å². The topological polar surface area (TPSA) is 119 Å². The van der Waals surface area contributed by atoms with E-state index in [1.807, 2.05) is 0 Å². The van der Waals surface area contributed by atoms with Gasteiger partial charge in [0.15, 0.2) is 0 Å². The quantitative estimate of drug-likeness (QED) is 0.383. The van der Waals surface area contributed by atoms with Gasteiger partial charge in [-0.3, -0.25) is 15.5 Å². The van der Waals surface area contributed by atoms with Crippen LogP contribution in [0.15, 0.2) is 6.20 Å². The highest BCUT2D eigenvalue weighted by molar-refractivity contribution is 5.56. The van der Waals surface area contributed by atoms with Crippen LogP contribution < -0.4 is 16.6 Å². The fraction of sp³-hybridized carbons (Fsp3) is 0.600. The normalized spacial score (nSPS) is 10.4. The van der Waals surface area contributed by atoms with Gasteiger partial charge >= 0.3 is 5.69 Å². The van der Waals surface area contributed by atoms with Crippen molar-refractivity contribution < 1.29 is 4.92 Å². The van der Waals surface area contributed by atoms with Crippen LogP contribution in [-0.2, 0) is 0 Å². The zero-order valence-corrected chi connectivity index (χ0v) is 10.5. The lowest BCUT2D eigenvalue weighted by Gasteiger charge is -2.13. The summed E-state index contributed by atoms with van der Waals surface area (Å²) in [5.74, 6) is 5.97. The first-order valence-electron chi connectivity index (χ1n) is 5.84. The molecular weight excluding hydrogens is 236 g/mol. The average Bonchev–Trinajstić information content (AvgIpc) is 2.39. The Kier molecular flexibility index (Phi) is 5.25. The molecule has 1 aromatic heterocycles. The molecule has 0 saturated heterocycles. The van der Waals surface area contributed by atoms with E-state index in [2.05, 4.69) is 34.6 Å². The first-order valence-corrected chi connectivity index (χ1v) is 5.84. The third-order valence-electron chi connectivity index (χ3n) is 2.81. The third-order valence-corrected chi connectivity index (χ3v) is 2.81. The van der Waals surface area contributed by atoms with Gasteiger partial charge in [0.25, 0.3) is 0 Å². The molecule has 0 aliphatic heterocycles. The molecule has 8 heteroatoms. The highest BCUT2D eigenvalue weighted by Gasteiger charge is 2.17. The molecule has 0 amide bonds. The summed E-state index contributed by atoms with van der Waals surface area (Å²) in [7, 11) is 0. The number of nitrogens with two attached hydrogens (primary N) is 1. The van der Waals surface area contributed by atoms with Gasteiger partial charge in [0.05, 0.1) is 4.92 Å². The van der Waals surface area contributed by atoms with Gasteiger partial charge in [-0.2, -0.15) is 4.98 Å². The second-order valence-electron chi connectivity index (χ2n) is 3.89. The van der Waals surface area contributed by atoms with Crippen molar-refractivity contribution in [3.8, 4) is 0 Å². The van der Waals surface area contributed by atoms with Gasteiger partial charge in [-0.15, -0.1) is 0 Å². The molecule has 0 aliphatic carbocycles. The van der Waals surface area contributed by atoms with Crippen LogP contribution in [0.4, 0.5) is 17.5 Å². The minimum absolute atomic E-state index is 0.146. The maximum atomic E-state index is 10.8. The smallest absolute Gasteiger partial charge is 0.329 e. The monoisotopic (exact) mass is 254 g/mol. The predicted octanol–water partition coefficient (Wildman–Crippen LogP) is 1.52. The zero-order valence-electron chi connectivity index (χ0n) is 10.5. The number of rotatable bonds is 7. The number of hydrogen-bond donors (Lipinski definition) is 3. The zero-order chi connectivity index (χ0) is 13.5. The molecule has 0 atom stereocenters. The van der Waals surface area contributed by atoms with E-state index in [9.17, 15) is 10.1 Å². The van der Waals surface area contributed by atoms with Crippen molar-refractivity contribution in [1.82, 2.24) is 9.97 Å². The van der Waals surface area contributed by atoms with E-state index in [1.165, 1.54) is 0 Å². The number of anilines is 2. The summed E-state index contributed by atoms with van der Waals surface area (Å²) in [6.07, 6.45) is 3.15. The number of nitro groups is 1. The molecular formula is C10H18N6O2. The Labute approximate surface area is 105 Å². The summed E-state index contributed by atoms with van der Waals surface area (Å²) in [4.78, 5) is 18.0. The van der Waals surface area contributed by atoms with Crippen molar-refractivity contribution in [3.63, 3.8) is 0 Å². The van der Waals surface area contributed by atoms with Crippen molar-refractivity contribution >= 4 is 17.5 Å². The molecule has 1 aromatic rings. The van der Waals surface area contributed by atoms with E-state index >= 15 is 0 Å². The standard InChI is InChI=1S/C10H18N6O2/c1-3-7(4-2)5-12-9-8(16(17)18)6-13-10(14-9)15-11/h6-7H,3-5,11H2,1-2H3,(H2,12,13,14,15).